The topological polar surface area (TPSA) is 95.9 Å². The smallest absolute Gasteiger partial charge is 0.328 e. The van der Waals surface area contributed by atoms with Crippen molar-refractivity contribution in [1.29, 1.82) is 0 Å². The molecule has 1 aromatic carbocycles. The van der Waals surface area contributed by atoms with Gasteiger partial charge in [-0.15, -0.1) is 0 Å². The van der Waals surface area contributed by atoms with Gasteiger partial charge in [-0.05, 0) is 19.4 Å². The van der Waals surface area contributed by atoms with E-state index in [0.717, 1.165) is 12.5 Å². The van der Waals surface area contributed by atoms with Crippen molar-refractivity contribution in [3.8, 4) is 0 Å². The summed E-state index contributed by atoms with van der Waals surface area (Å²) in [6.07, 6.45) is 0.776. The standard InChI is InChI=1S/C11H11F2NO.C7H13NO4/c12-9-4-1-3-8(11(9)13)7-14-6-2-5-10(14)15;1-4(12-3)6(7(10)11)8-5(2)9/h1,3-4H,2,5-7H2;4,6H,1-3H3,(H,8,9)(H,10,11). The molecule has 0 radical (unpaired) electrons. The number of nitrogens with zero attached hydrogens (tertiary/aromatic N) is 1. The molecule has 1 saturated heterocycles. The lowest BCUT2D eigenvalue weighted by atomic mass is 10.2. The highest BCUT2D eigenvalue weighted by Gasteiger charge is 2.25. The van der Waals surface area contributed by atoms with Crippen LogP contribution in [0.2, 0.25) is 0 Å². The van der Waals surface area contributed by atoms with E-state index in [2.05, 4.69) is 5.32 Å². The first-order chi connectivity index (χ1) is 12.7. The maximum Gasteiger partial charge on any atom is 0.328 e. The second-order valence-electron chi connectivity index (χ2n) is 6.09. The molecule has 150 valence electrons. The van der Waals surface area contributed by atoms with Gasteiger partial charge in [0, 0.05) is 39.1 Å². The molecule has 0 aromatic heterocycles. The van der Waals surface area contributed by atoms with E-state index in [4.69, 9.17) is 9.84 Å². The van der Waals surface area contributed by atoms with Crippen molar-refractivity contribution in [3.63, 3.8) is 0 Å². The number of nitrogens with one attached hydrogen (secondary N) is 1. The third kappa shape index (κ3) is 6.93. The highest BCUT2D eigenvalue weighted by Crippen LogP contribution is 2.17. The molecular weight excluding hydrogens is 362 g/mol. The predicted octanol–water partition coefficient (Wildman–Crippen LogP) is 1.70. The number of hydrogen-bond acceptors (Lipinski definition) is 4. The predicted molar refractivity (Wildman–Crippen MR) is 92.7 cm³/mol. The number of carbonyl (C=O) groups is 3. The second kappa shape index (κ2) is 10.6. The minimum Gasteiger partial charge on any atom is -0.480 e. The zero-order chi connectivity index (χ0) is 20.6. The number of benzene rings is 1. The van der Waals surface area contributed by atoms with Crippen molar-refractivity contribution in [3.05, 3.63) is 35.4 Å². The number of halogens is 2. The zero-order valence-corrected chi connectivity index (χ0v) is 15.5. The molecule has 9 heteroatoms. The number of likely N-dealkylation sites (tertiary alicyclic amines) is 1. The average molecular weight is 386 g/mol. The Hall–Kier alpha value is -2.55. The van der Waals surface area contributed by atoms with Crippen LogP contribution in [0, 0.1) is 11.6 Å². The summed E-state index contributed by atoms with van der Waals surface area (Å²) in [4.78, 5) is 33.9. The van der Waals surface area contributed by atoms with Crippen LogP contribution in [0.15, 0.2) is 18.2 Å². The van der Waals surface area contributed by atoms with Gasteiger partial charge in [-0.1, -0.05) is 12.1 Å². The third-order valence-corrected chi connectivity index (χ3v) is 4.03. The molecule has 0 bridgehead atoms. The van der Waals surface area contributed by atoms with Crippen LogP contribution in [0.4, 0.5) is 8.78 Å². The summed E-state index contributed by atoms with van der Waals surface area (Å²) in [5.74, 6) is -3.18. The number of carboxylic acid groups (broad SMARTS) is 1. The van der Waals surface area contributed by atoms with E-state index in [1.54, 1.807) is 11.8 Å². The Kier molecular flexibility index (Phi) is 8.80. The maximum absolute atomic E-state index is 13.3. The molecule has 1 aromatic rings. The summed E-state index contributed by atoms with van der Waals surface area (Å²) in [6.45, 7) is 3.64. The molecule has 0 aliphatic carbocycles. The van der Waals surface area contributed by atoms with Crippen molar-refractivity contribution in [2.24, 2.45) is 0 Å². The summed E-state index contributed by atoms with van der Waals surface area (Å²) in [7, 11) is 1.39. The van der Waals surface area contributed by atoms with Gasteiger partial charge >= 0.3 is 5.97 Å². The van der Waals surface area contributed by atoms with Gasteiger partial charge in [0.1, 0.15) is 0 Å². The summed E-state index contributed by atoms with van der Waals surface area (Å²) in [5.41, 5.74) is 0.241. The van der Waals surface area contributed by atoms with Crippen LogP contribution in [0.1, 0.15) is 32.3 Å². The number of amides is 2. The molecule has 2 unspecified atom stereocenters. The first kappa shape index (κ1) is 22.5. The monoisotopic (exact) mass is 386 g/mol. The molecule has 0 saturated carbocycles. The Balaban J connectivity index is 0.000000279. The molecule has 2 rings (SSSR count). The fraction of sp³-hybridized carbons (Fsp3) is 0.500. The lowest BCUT2D eigenvalue weighted by molar-refractivity contribution is -0.145. The second-order valence-corrected chi connectivity index (χ2v) is 6.09. The number of hydrogen-bond donors (Lipinski definition) is 2. The van der Waals surface area contributed by atoms with Gasteiger partial charge in [0.25, 0.3) is 0 Å². The minimum absolute atomic E-state index is 0.0126. The van der Waals surface area contributed by atoms with Crippen molar-refractivity contribution < 1.29 is 33.0 Å². The minimum atomic E-state index is -1.10. The first-order valence-corrected chi connectivity index (χ1v) is 8.40. The molecule has 1 fully saturated rings. The van der Waals surface area contributed by atoms with E-state index < -0.39 is 29.7 Å². The Bertz CT molecular complexity index is 684. The highest BCUT2D eigenvalue weighted by molar-refractivity contribution is 5.82. The van der Waals surface area contributed by atoms with Gasteiger partial charge in [-0.3, -0.25) is 9.59 Å². The summed E-state index contributed by atoms with van der Waals surface area (Å²) in [5, 5.41) is 10.9. The van der Waals surface area contributed by atoms with Gasteiger partial charge in [0.2, 0.25) is 11.8 Å². The van der Waals surface area contributed by atoms with Crippen LogP contribution >= 0.6 is 0 Å². The number of carbonyl (C=O) groups excluding carboxylic acids is 2. The highest BCUT2D eigenvalue weighted by atomic mass is 19.2. The Morgan fingerprint density at radius 2 is 2.04 bits per heavy atom. The maximum atomic E-state index is 13.3. The lowest BCUT2D eigenvalue weighted by Crippen LogP contribution is -2.47. The van der Waals surface area contributed by atoms with E-state index in [1.165, 1.54) is 26.2 Å². The summed E-state index contributed by atoms with van der Waals surface area (Å²) < 4.78 is 30.9. The fourth-order valence-corrected chi connectivity index (χ4v) is 2.48. The first-order valence-electron chi connectivity index (χ1n) is 8.40. The molecule has 1 heterocycles. The molecular formula is C18H24F2N2O5. The van der Waals surface area contributed by atoms with Crippen LogP contribution in [-0.4, -0.2) is 53.6 Å². The van der Waals surface area contributed by atoms with Gasteiger partial charge in [0.15, 0.2) is 17.7 Å². The van der Waals surface area contributed by atoms with Crippen LogP contribution in [-0.2, 0) is 25.7 Å². The molecule has 1 aliphatic rings. The SMILES string of the molecule is COC(C)C(NC(C)=O)C(=O)O.O=C1CCCN1Cc1cccc(F)c1F. The number of methoxy groups -OCH3 is 1. The molecule has 1 aliphatic heterocycles. The molecule has 0 spiro atoms. The molecule has 2 N–H and O–H groups in total. The largest absolute Gasteiger partial charge is 0.480 e. The quantitative estimate of drug-likeness (QED) is 0.776. The van der Waals surface area contributed by atoms with Crippen molar-refractivity contribution in [2.75, 3.05) is 13.7 Å². The molecule has 2 atom stereocenters. The van der Waals surface area contributed by atoms with Gasteiger partial charge in [-0.25, -0.2) is 13.6 Å². The van der Waals surface area contributed by atoms with E-state index in [9.17, 15) is 23.2 Å². The summed E-state index contributed by atoms with van der Waals surface area (Å²) >= 11 is 0. The molecule has 27 heavy (non-hydrogen) atoms. The van der Waals surface area contributed by atoms with Gasteiger partial charge in [-0.2, -0.15) is 0 Å². The lowest BCUT2D eigenvalue weighted by Gasteiger charge is -2.18. The van der Waals surface area contributed by atoms with Crippen LogP contribution in [0.3, 0.4) is 0 Å². The fourth-order valence-electron chi connectivity index (χ4n) is 2.48. The van der Waals surface area contributed by atoms with Crippen LogP contribution in [0.5, 0.6) is 0 Å². The van der Waals surface area contributed by atoms with Gasteiger partial charge < -0.3 is 20.1 Å². The third-order valence-electron chi connectivity index (χ3n) is 4.03. The number of ether oxygens (including phenoxy) is 1. The number of aliphatic carboxylic acids is 1. The Labute approximate surface area is 156 Å². The van der Waals surface area contributed by atoms with Crippen molar-refractivity contribution in [2.45, 2.75) is 45.4 Å². The Morgan fingerprint density at radius 1 is 1.37 bits per heavy atom. The van der Waals surface area contributed by atoms with Crippen LogP contribution < -0.4 is 5.32 Å². The van der Waals surface area contributed by atoms with Crippen LogP contribution in [0.25, 0.3) is 0 Å². The normalized spacial score (nSPS) is 15.6. The van der Waals surface area contributed by atoms with Crippen molar-refractivity contribution in [1.82, 2.24) is 10.2 Å². The van der Waals surface area contributed by atoms with E-state index >= 15 is 0 Å². The number of rotatable bonds is 6. The number of carboxylic acids is 1. The molecule has 2 amide bonds. The van der Waals surface area contributed by atoms with Crippen molar-refractivity contribution >= 4 is 17.8 Å². The van der Waals surface area contributed by atoms with E-state index in [0.29, 0.717) is 13.0 Å². The summed E-state index contributed by atoms with van der Waals surface area (Å²) in [6, 6.07) is 3.05. The van der Waals surface area contributed by atoms with E-state index in [-0.39, 0.29) is 23.9 Å². The van der Waals surface area contributed by atoms with Gasteiger partial charge in [0.05, 0.1) is 6.10 Å². The zero-order valence-electron chi connectivity index (χ0n) is 15.5. The van der Waals surface area contributed by atoms with E-state index in [1.807, 2.05) is 0 Å². The molecule has 7 nitrogen and oxygen atoms in total. The Morgan fingerprint density at radius 3 is 2.52 bits per heavy atom. The average Bonchev–Trinajstić information content (AvgIpc) is 3.01.